The van der Waals surface area contributed by atoms with Crippen LogP contribution in [0.3, 0.4) is 0 Å². The Morgan fingerprint density at radius 2 is 2.07 bits per heavy atom. The van der Waals surface area contributed by atoms with Crippen LogP contribution in [0.2, 0.25) is 5.02 Å². The van der Waals surface area contributed by atoms with Gasteiger partial charge in [0.25, 0.3) is 0 Å². The van der Waals surface area contributed by atoms with Crippen LogP contribution in [0.5, 0.6) is 11.5 Å². The number of benzene rings is 1. The maximum absolute atomic E-state index is 6.31. The summed E-state index contributed by atoms with van der Waals surface area (Å²) < 4.78 is 16.3. The standard InChI is InChI=1S/C19H26ClN3O3.HI/c1-4-21-19(22-9-8-15-7-6-10-26-15)23-13-14-11-16(20)18(25-5-2)17(12-14)24-3;/h6-7,10-12H,4-5,8-9,13H2,1-3H3,(H2,21,22,23);1H. The maximum Gasteiger partial charge on any atom is 0.191 e. The Labute approximate surface area is 182 Å². The second-order valence-electron chi connectivity index (χ2n) is 5.49. The normalized spacial score (nSPS) is 10.9. The van der Waals surface area contributed by atoms with Gasteiger partial charge in [-0.2, -0.15) is 0 Å². The van der Waals surface area contributed by atoms with Gasteiger partial charge in [0.2, 0.25) is 0 Å². The fraction of sp³-hybridized carbons (Fsp3) is 0.421. The van der Waals surface area contributed by atoms with Gasteiger partial charge in [-0.3, -0.25) is 0 Å². The Bertz CT molecular complexity index is 708. The topological polar surface area (TPSA) is 68.0 Å². The lowest BCUT2D eigenvalue weighted by Gasteiger charge is -2.13. The average Bonchev–Trinajstić information content (AvgIpc) is 3.15. The van der Waals surface area contributed by atoms with Gasteiger partial charge in [0.15, 0.2) is 17.5 Å². The molecule has 0 aliphatic heterocycles. The highest BCUT2D eigenvalue weighted by atomic mass is 127. The van der Waals surface area contributed by atoms with E-state index in [1.54, 1.807) is 13.4 Å². The molecule has 0 aliphatic rings. The first-order chi connectivity index (χ1) is 12.7. The van der Waals surface area contributed by atoms with Crippen LogP contribution in [-0.2, 0) is 13.0 Å². The van der Waals surface area contributed by atoms with Gasteiger partial charge in [0.05, 0.1) is 31.5 Å². The van der Waals surface area contributed by atoms with Crippen LogP contribution in [-0.4, -0.2) is 32.8 Å². The molecule has 150 valence electrons. The van der Waals surface area contributed by atoms with E-state index in [0.29, 0.717) is 29.7 Å². The van der Waals surface area contributed by atoms with E-state index >= 15 is 0 Å². The first kappa shape index (κ1) is 23.4. The third-order valence-corrected chi connectivity index (χ3v) is 3.87. The smallest absolute Gasteiger partial charge is 0.191 e. The SMILES string of the molecule is CCNC(=NCc1cc(Cl)c(OCC)c(OC)c1)NCCc1ccco1.I. The summed E-state index contributed by atoms with van der Waals surface area (Å²) in [5.41, 5.74) is 0.943. The first-order valence-electron chi connectivity index (χ1n) is 8.71. The highest BCUT2D eigenvalue weighted by Gasteiger charge is 2.11. The number of nitrogens with zero attached hydrogens (tertiary/aromatic N) is 1. The van der Waals surface area contributed by atoms with Crippen LogP contribution in [0.25, 0.3) is 0 Å². The minimum absolute atomic E-state index is 0. The first-order valence-corrected chi connectivity index (χ1v) is 9.09. The maximum atomic E-state index is 6.31. The van der Waals surface area contributed by atoms with Crippen molar-refractivity contribution in [2.45, 2.75) is 26.8 Å². The zero-order chi connectivity index (χ0) is 18.8. The Hall–Kier alpha value is -1.61. The monoisotopic (exact) mass is 507 g/mol. The Morgan fingerprint density at radius 1 is 1.26 bits per heavy atom. The molecule has 2 N–H and O–H groups in total. The molecule has 1 aromatic heterocycles. The highest BCUT2D eigenvalue weighted by Crippen LogP contribution is 2.36. The Balaban J connectivity index is 0.00000364. The molecule has 0 atom stereocenters. The molecule has 27 heavy (non-hydrogen) atoms. The van der Waals surface area contributed by atoms with Gasteiger partial charge in [0, 0.05) is 19.5 Å². The molecule has 0 spiro atoms. The van der Waals surface area contributed by atoms with E-state index in [2.05, 4.69) is 15.6 Å². The van der Waals surface area contributed by atoms with E-state index < -0.39 is 0 Å². The van der Waals surface area contributed by atoms with E-state index in [1.165, 1.54) is 0 Å². The molecule has 0 unspecified atom stereocenters. The summed E-state index contributed by atoms with van der Waals surface area (Å²) in [4.78, 5) is 4.60. The van der Waals surface area contributed by atoms with Crippen molar-refractivity contribution >= 4 is 41.5 Å². The molecule has 0 saturated carbocycles. The summed E-state index contributed by atoms with van der Waals surface area (Å²) in [5, 5.41) is 7.04. The number of methoxy groups -OCH3 is 1. The molecule has 0 radical (unpaired) electrons. The molecule has 6 nitrogen and oxygen atoms in total. The van der Waals surface area contributed by atoms with Crippen molar-refractivity contribution in [2.24, 2.45) is 4.99 Å². The van der Waals surface area contributed by atoms with Crippen LogP contribution in [0, 0.1) is 0 Å². The van der Waals surface area contributed by atoms with Crippen LogP contribution in [0.15, 0.2) is 39.9 Å². The predicted octanol–water partition coefficient (Wildman–Crippen LogP) is 4.26. The lowest BCUT2D eigenvalue weighted by molar-refractivity contribution is 0.311. The lowest BCUT2D eigenvalue weighted by atomic mass is 10.2. The van der Waals surface area contributed by atoms with Gasteiger partial charge in [0.1, 0.15) is 5.76 Å². The number of halogens is 2. The molecular formula is C19H27ClIN3O3. The summed E-state index contributed by atoms with van der Waals surface area (Å²) in [5.74, 6) is 2.85. The minimum atomic E-state index is 0. The van der Waals surface area contributed by atoms with Gasteiger partial charge >= 0.3 is 0 Å². The van der Waals surface area contributed by atoms with Crippen LogP contribution in [0.1, 0.15) is 25.2 Å². The summed E-state index contributed by atoms with van der Waals surface area (Å²) in [6, 6.07) is 7.59. The van der Waals surface area contributed by atoms with E-state index in [4.69, 9.17) is 25.5 Å². The van der Waals surface area contributed by atoms with Gasteiger partial charge < -0.3 is 24.5 Å². The van der Waals surface area contributed by atoms with E-state index in [0.717, 1.165) is 36.8 Å². The van der Waals surface area contributed by atoms with Gasteiger partial charge in [-0.15, -0.1) is 24.0 Å². The van der Waals surface area contributed by atoms with Gasteiger partial charge in [-0.25, -0.2) is 4.99 Å². The van der Waals surface area contributed by atoms with Crippen molar-refractivity contribution in [1.29, 1.82) is 0 Å². The number of aliphatic imine (C=N–C) groups is 1. The van der Waals surface area contributed by atoms with Gasteiger partial charge in [-0.05, 0) is 43.7 Å². The molecule has 2 aromatic rings. The second kappa shape index (κ2) is 12.7. The fourth-order valence-electron chi connectivity index (χ4n) is 2.42. The van der Waals surface area contributed by atoms with Crippen LogP contribution >= 0.6 is 35.6 Å². The molecule has 1 aromatic carbocycles. The number of nitrogens with one attached hydrogen (secondary N) is 2. The molecule has 8 heteroatoms. The van der Waals surface area contributed by atoms with E-state index in [9.17, 15) is 0 Å². The zero-order valence-electron chi connectivity index (χ0n) is 15.9. The largest absolute Gasteiger partial charge is 0.493 e. The molecule has 0 saturated heterocycles. The number of hydrogen-bond donors (Lipinski definition) is 2. The predicted molar refractivity (Wildman–Crippen MR) is 120 cm³/mol. The molecule has 0 amide bonds. The number of guanidine groups is 1. The lowest BCUT2D eigenvalue weighted by Crippen LogP contribution is -2.38. The molecule has 1 heterocycles. The van der Waals surface area contributed by atoms with Crippen molar-refractivity contribution in [3.05, 3.63) is 46.9 Å². The van der Waals surface area contributed by atoms with E-state index in [1.807, 2.05) is 38.1 Å². The van der Waals surface area contributed by atoms with Crippen molar-refractivity contribution in [3.63, 3.8) is 0 Å². The minimum Gasteiger partial charge on any atom is -0.493 e. The fourth-order valence-corrected chi connectivity index (χ4v) is 2.71. The van der Waals surface area contributed by atoms with Gasteiger partial charge in [-0.1, -0.05) is 11.6 Å². The molecule has 2 rings (SSSR count). The Morgan fingerprint density at radius 3 is 2.70 bits per heavy atom. The van der Waals surface area contributed by atoms with Crippen molar-refractivity contribution in [2.75, 3.05) is 26.8 Å². The van der Waals surface area contributed by atoms with E-state index in [-0.39, 0.29) is 24.0 Å². The summed E-state index contributed by atoms with van der Waals surface area (Å²) in [6.45, 7) is 6.44. The highest BCUT2D eigenvalue weighted by molar-refractivity contribution is 14.0. The van der Waals surface area contributed by atoms with Crippen LogP contribution < -0.4 is 20.1 Å². The zero-order valence-corrected chi connectivity index (χ0v) is 19.0. The molecule has 0 bridgehead atoms. The van der Waals surface area contributed by atoms with Crippen molar-refractivity contribution < 1.29 is 13.9 Å². The quantitative estimate of drug-likeness (QED) is 0.302. The molecule has 0 aliphatic carbocycles. The molecular weight excluding hydrogens is 481 g/mol. The van der Waals surface area contributed by atoms with Crippen molar-refractivity contribution in [1.82, 2.24) is 10.6 Å². The summed E-state index contributed by atoms with van der Waals surface area (Å²) >= 11 is 6.31. The third-order valence-electron chi connectivity index (χ3n) is 3.59. The number of ether oxygens (including phenoxy) is 2. The average molecular weight is 508 g/mol. The molecule has 0 fully saturated rings. The number of furan rings is 1. The summed E-state index contributed by atoms with van der Waals surface area (Å²) in [6.07, 6.45) is 2.47. The van der Waals surface area contributed by atoms with Crippen LogP contribution in [0.4, 0.5) is 0 Å². The number of hydrogen-bond acceptors (Lipinski definition) is 4. The van der Waals surface area contributed by atoms with Crippen molar-refractivity contribution in [3.8, 4) is 11.5 Å². The Kier molecular flexibility index (Phi) is 11.0. The summed E-state index contributed by atoms with van der Waals surface area (Å²) in [7, 11) is 1.60. The second-order valence-corrected chi connectivity index (χ2v) is 5.90. The third kappa shape index (κ3) is 7.50. The number of rotatable bonds is 9.